The summed E-state index contributed by atoms with van der Waals surface area (Å²) in [5.74, 6) is -0.339. The van der Waals surface area contributed by atoms with Gasteiger partial charge in [-0.25, -0.2) is 0 Å². The number of rotatable bonds is 7. The van der Waals surface area contributed by atoms with Gasteiger partial charge in [0.25, 0.3) is 0 Å². The Balaban J connectivity index is 2.22. The largest absolute Gasteiger partial charge is 0.508 e. The number of nitrogens with one attached hydrogen (secondary N) is 1. The van der Waals surface area contributed by atoms with Gasteiger partial charge in [-0.2, -0.15) is 0 Å². The lowest BCUT2D eigenvalue weighted by Gasteiger charge is -2.39. The number of hydrogen-bond acceptors (Lipinski definition) is 8. The number of hydrogen-bond donors (Lipinski definition) is 6. The number of phenols is 1. The topological polar surface area (TPSA) is 149 Å². The lowest BCUT2D eigenvalue weighted by Crippen LogP contribution is -2.60. The maximum atomic E-state index is 11.9. The minimum Gasteiger partial charge on any atom is -0.508 e. The SMILES string of the molecule is CCNC(=O)CC(C)c1ccc(O)cc1O[C@@H]1O[C@H](CO)[C@@H](O)[C@H](O)[C@H]1O. The Morgan fingerprint density at radius 3 is 2.59 bits per heavy atom. The number of carbonyl (C=O) groups excluding carboxylic acids is 1. The first-order valence-electron chi connectivity index (χ1n) is 8.85. The molecular formula is C18H27NO8. The zero-order valence-corrected chi connectivity index (χ0v) is 15.3. The summed E-state index contributed by atoms with van der Waals surface area (Å²) in [7, 11) is 0. The van der Waals surface area contributed by atoms with Crippen molar-refractivity contribution >= 4 is 5.91 Å². The number of amides is 1. The molecule has 27 heavy (non-hydrogen) atoms. The third-order valence-electron chi connectivity index (χ3n) is 4.49. The zero-order chi connectivity index (χ0) is 20.1. The second-order valence-electron chi connectivity index (χ2n) is 6.60. The predicted molar refractivity (Wildman–Crippen MR) is 94.2 cm³/mol. The highest BCUT2D eigenvalue weighted by Gasteiger charge is 2.45. The number of ether oxygens (including phenoxy) is 2. The lowest BCUT2D eigenvalue weighted by atomic mass is 9.96. The van der Waals surface area contributed by atoms with Crippen molar-refractivity contribution in [2.45, 2.75) is 56.9 Å². The molecule has 0 aliphatic carbocycles. The van der Waals surface area contributed by atoms with Crippen molar-refractivity contribution < 1.29 is 39.8 Å². The molecule has 1 amide bonds. The standard InChI is InChI=1S/C18H27NO8/c1-3-19-14(22)6-9(2)11-5-4-10(21)7-12(11)26-18-17(25)16(24)15(23)13(8-20)27-18/h4-5,7,9,13,15-18,20-21,23-25H,3,6,8H2,1-2H3,(H,19,22)/t9?,13-,15-,16+,17-,18-/m1/s1. The Morgan fingerprint density at radius 1 is 1.26 bits per heavy atom. The van der Waals surface area contributed by atoms with E-state index in [4.69, 9.17) is 9.47 Å². The second-order valence-corrected chi connectivity index (χ2v) is 6.60. The molecule has 1 saturated heterocycles. The summed E-state index contributed by atoms with van der Waals surface area (Å²) in [6, 6.07) is 4.35. The van der Waals surface area contributed by atoms with Crippen LogP contribution >= 0.6 is 0 Å². The summed E-state index contributed by atoms with van der Waals surface area (Å²) in [5, 5.41) is 51.6. The minimum atomic E-state index is -1.57. The molecule has 0 bridgehead atoms. The summed E-state index contributed by atoms with van der Waals surface area (Å²) >= 11 is 0. The van der Waals surface area contributed by atoms with Crippen LogP contribution in [-0.2, 0) is 9.53 Å². The molecule has 2 rings (SSSR count). The van der Waals surface area contributed by atoms with E-state index >= 15 is 0 Å². The van der Waals surface area contributed by atoms with Gasteiger partial charge in [0.05, 0.1) is 6.61 Å². The number of phenolic OH excluding ortho intramolecular Hbond substituents is 1. The van der Waals surface area contributed by atoms with E-state index in [9.17, 15) is 30.3 Å². The van der Waals surface area contributed by atoms with E-state index < -0.39 is 37.3 Å². The fraction of sp³-hybridized carbons (Fsp3) is 0.611. The molecule has 1 fully saturated rings. The van der Waals surface area contributed by atoms with Crippen LogP contribution in [-0.4, -0.2) is 75.3 Å². The van der Waals surface area contributed by atoms with Gasteiger partial charge in [-0.3, -0.25) is 4.79 Å². The van der Waals surface area contributed by atoms with E-state index in [0.717, 1.165) is 0 Å². The van der Waals surface area contributed by atoms with Crippen LogP contribution in [0.25, 0.3) is 0 Å². The molecule has 9 heteroatoms. The summed E-state index contributed by atoms with van der Waals surface area (Å²) in [6.07, 6.45) is -6.94. The van der Waals surface area contributed by atoms with Gasteiger partial charge < -0.3 is 40.3 Å². The second kappa shape index (κ2) is 9.34. The van der Waals surface area contributed by atoms with E-state index in [0.29, 0.717) is 12.1 Å². The van der Waals surface area contributed by atoms with Crippen LogP contribution in [0, 0.1) is 0 Å². The van der Waals surface area contributed by atoms with Crippen LogP contribution in [0.5, 0.6) is 11.5 Å². The molecule has 0 radical (unpaired) electrons. The van der Waals surface area contributed by atoms with Crippen LogP contribution in [0.4, 0.5) is 0 Å². The highest BCUT2D eigenvalue weighted by Crippen LogP contribution is 2.34. The molecule has 6 atom stereocenters. The van der Waals surface area contributed by atoms with E-state index in [-0.39, 0.29) is 29.7 Å². The van der Waals surface area contributed by atoms with Gasteiger partial charge in [0.2, 0.25) is 12.2 Å². The van der Waals surface area contributed by atoms with Crippen molar-refractivity contribution in [3.8, 4) is 11.5 Å². The van der Waals surface area contributed by atoms with Crippen LogP contribution in [0.1, 0.15) is 31.7 Å². The average molecular weight is 385 g/mol. The molecule has 0 spiro atoms. The first-order chi connectivity index (χ1) is 12.8. The van der Waals surface area contributed by atoms with Gasteiger partial charge in [-0.1, -0.05) is 13.0 Å². The molecule has 0 saturated carbocycles. The van der Waals surface area contributed by atoms with E-state index in [1.165, 1.54) is 12.1 Å². The third kappa shape index (κ3) is 5.08. The van der Waals surface area contributed by atoms with Gasteiger partial charge in [-0.15, -0.1) is 0 Å². The smallest absolute Gasteiger partial charge is 0.229 e. The van der Waals surface area contributed by atoms with Crippen LogP contribution in [0.2, 0.25) is 0 Å². The highest BCUT2D eigenvalue weighted by atomic mass is 16.7. The molecule has 152 valence electrons. The van der Waals surface area contributed by atoms with Crippen molar-refractivity contribution in [3.63, 3.8) is 0 Å². The minimum absolute atomic E-state index is 0.0939. The molecule has 1 heterocycles. The van der Waals surface area contributed by atoms with E-state index in [1.807, 2.05) is 13.8 Å². The molecule has 1 aromatic carbocycles. The first kappa shape index (κ1) is 21.4. The summed E-state index contributed by atoms with van der Waals surface area (Å²) in [4.78, 5) is 11.9. The summed E-state index contributed by atoms with van der Waals surface area (Å²) < 4.78 is 11.0. The monoisotopic (exact) mass is 385 g/mol. The van der Waals surface area contributed by atoms with Gasteiger partial charge in [0, 0.05) is 19.0 Å². The Hall–Kier alpha value is -1.91. The van der Waals surface area contributed by atoms with Gasteiger partial charge in [-0.05, 0) is 24.5 Å². The molecular weight excluding hydrogens is 358 g/mol. The molecule has 1 aliphatic rings. The Labute approximate surface area is 157 Å². The van der Waals surface area contributed by atoms with Crippen molar-refractivity contribution in [3.05, 3.63) is 23.8 Å². The molecule has 1 aromatic rings. The van der Waals surface area contributed by atoms with Crippen molar-refractivity contribution in [2.75, 3.05) is 13.2 Å². The normalized spacial score (nSPS) is 29.2. The average Bonchev–Trinajstić information content (AvgIpc) is 2.62. The molecule has 9 nitrogen and oxygen atoms in total. The first-order valence-corrected chi connectivity index (χ1v) is 8.85. The third-order valence-corrected chi connectivity index (χ3v) is 4.49. The van der Waals surface area contributed by atoms with Crippen molar-refractivity contribution in [1.82, 2.24) is 5.32 Å². The van der Waals surface area contributed by atoms with E-state index in [1.54, 1.807) is 6.07 Å². The number of aliphatic hydroxyl groups is 4. The van der Waals surface area contributed by atoms with Crippen LogP contribution in [0.3, 0.4) is 0 Å². The highest BCUT2D eigenvalue weighted by molar-refractivity contribution is 5.76. The fourth-order valence-electron chi connectivity index (χ4n) is 2.98. The maximum Gasteiger partial charge on any atom is 0.229 e. The Morgan fingerprint density at radius 2 is 1.96 bits per heavy atom. The molecule has 1 aliphatic heterocycles. The number of benzene rings is 1. The van der Waals surface area contributed by atoms with Crippen LogP contribution < -0.4 is 10.1 Å². The summed E-state index contributed by atoms with van der Waals surface area (Å²) in [5.41, 5.74) is 0.594. The predicted octanol–water partition coefficient (Wildman–Crippen LogP) is -0.799. The lowest BCUT2D eigenvalue weighted by molar-refractivity contribution is -0.277. The zero-order valence-electron chi connectivity index (χ0n) is 15.3. The van der Waals surface area contributed by atoms with Crippen molar-refractivity contribution in [1.29, 1.82) is 0 Å². The Kier molecular flexibility index (Phi) is 7.40. The van der Waals surface area contributed by atoms with E-state index in [2.05, 4.69) is 5.32 Å². The number of carbonyl (C=O) groups is 1. The summed E-state index contributed by atoms with van der Waals surface area (Å²) in [6.45, 7) is 3.55. The molecule has 6 N–H and O–H groups in total. The Bertz CT molecular complexity index is 638. The van der Waals surface area contributed by atoms with Gasteiger partial charge >= 0.3 is 0 Å². The maximum absolute atomic E-state index is 11.9. The molecule has 1 unspecified atom stereocenters. The molecule has 0 aromatic heterocycles. The van der Waals surface area contributed by atoms with Gasteiger partial charge in [0.1, 0.15) is 35.9 Å². The van der Waals surface area contributed by atoms with Crippen LogP contribution in [0.15, 0.2) is 18.2 Å². The van der Waals surface area contributed by atoms with Gasteiger partial charge in [0.15, 0.2) is 0 Å². The quantitative estimate of drug-likeness (QED) is 0.357. The fourth-order valence-corrected chi connectivity index (χ4v) is 2.98. The number of aliphatic hydroxyl groups excluding tert-OH is 4. The van der Waals surface area contributed by atoms with Crippen molar-refractivity contribution in [2.24, 2.45) is 0 Å². The number of aromatic hydroxyl groups is 1.